The molecule has 1 nitrogen and oxygen atoms in total. The van der Waals surface area contributed by atoms with Crippen molar-refractivity contribution in [3.05, 3.63) is 34.3 Å². The van der Waals surface area contributed by atoms with Crippen LogP contribution in [0.2, 0.25) is 0 Å². The van der Waals surface area contributed by atoms with Crippen LogP contribution in [0.25, 0.3) is 0 Å². The van der Waals surface area contributed by atoms with Crippen LogP contribution in [0.5, 0.6) is 0 Å². The zero-order valence-corrected chi connectivity index (χ0v) is 11.0. The van der Waals surface area contributed by atoms with Crippen LogP contribution in [0, 0.1) is 5.92 Å². The van der Waals surface area contributed by atoms with Crippen molar-refractivity contribution in [2.24, 2.45) is 5.92 Å². The fraction of sp³-hybridized carbons (Fsp3) is 0.538. The van der Waals surface area contributed by atoms with Crippen LogP contribution in [0.1, 0.15) is 25.3 Å². The van der Waals surface area contributed by atoms with Gasteiger partial charge in [0.15, 0.2) is 0 Å². The summed E-state index contributed by atoms with van der Waals surface area (Å²) >= 11 is 3.46. The smallest absolute Gasteiger partial charge is 0.0233 e. The quantitative estimate of drug-likeness (QED) is 0.805. The second kappa shape index (κ2) is 4.67. The second-order valence-electron chi connectivity index (χ2n) is 4.62. The number of rotatable bonds is 4. The van der Waals surface area contributed by atoms with Crippen molar-refractivity contribution in [1.82, 2.24) is 4.90 Å². The van der Waals surface area contributed by atoms with Gasteiger partial charge in [-0.2, -0.15) is 0 Å². The Morgan fingerprint density at radius 1 is 1.33 bits per heavy atom. The summed E-state index contributed by atoms with van der Waals surface area (Å²) in [5.41, 5.74) is 1.40. The second-order valence-corrected chi connectivity index (χ2v) is 5.54. The normalized spacial score (nSPS) is 18.1. The molecule has 0 aliphatic heterocycles. The number of hydrogen-bond acceptors (Lipinski definition) is 1. The van der Waals surface area contributed by atoms with Crippen molar-refractivity contribution < 1.29 is 0 Å². The Morgan fingerprint density at radius 2 is 1.93 bits per heavy atom. The van der Waals surface area contributed by atoms with E-state index >= 15 is 0 Å². The minimum atomic E-state index is 0.730. The van der Waals surface area contributed by atoms with Gasteiger partial charge in [-0.05, 0) is 50.4 Å². The van der Waals surface area contributed by atoms with E-state index in [0.29, 0.717) is 0 Å². The lowest BCUT2D eigenvalue weighted by molar-refractivity contribution is 0.226. The summed E-state index contributed by atoms with van der Waals surface area (Å²) in [6.45, 7) is 3.40. The Bertz CT molecular complexity index is 316. The Morgan fingerprint density at radius 3 is 2.47 bits per heavy atom. The number of halogens is 1. The van der Waals surface area contributed by atoms with E-state index in [0.717, 1.165) is 23.0 Å². The molecule has 2 rings (SSSR count). The van der Waals surface area contributed by atoms with Crippen molar-refractivity contribution >= 4 is 15.9 Å². The van der Waals surface area contributed by atoms with Crippen LogP contribution in [0.4, 0.5) is 0 Å². The Balaban J connectivity index is 1.92. The molecule has 1 aromatic rings. The first-order valence-electron chi connectivity index (χ1n) is 5.61. The molecule has 1 atom stereocenters. The van der Waals surface area contributed by atoms with Crippen LogP contribution in [-0.2, 0) is 6.54 Å². The summed E-state index contributed by atoms with van der Waals surface area (Å²) < 4.78 is 1.16. The molecule has 1 aliphatic carbocycles. The highest BCUT2D eigenvalue weighted by molar-refractivity contribution is 9.10. The molecule has 0 radical (unpaired) electrons. The van der Waals surface area contributed by atoms with Gasteiger partial charge in [-0.25, -0.2) is 0 Å². The van der Waals surface area contributed by atoms with Gasteiger partial charge in [-0.15, -0.1) is 0 Å². The first kappa shape index (κ1) is 11.2. The molecule has 1 aliphatic rings. The summed E-state index contributed by atoms with van der Waals surface area (Å²) in [7, 11) is 2.23. The zero-order valence-electron chi connectivity index (χ0n) is 9.41. The van der Waals surface area contributed by atoms with E-state index in [9.17, 15) is 0 Å². The van der Waals surface area contributed by atoms with Gasteiger partial charge in [0.2, 0.25) is 0 Å². The fourth-order valence-corrected chi connectivity index (χ4v) is 2.22. The van der Waals surface area contributed by atoms with Gasteiger partial charge < -0.3 is 0 Å². The minimum Gasteiger partial charge on any atom is -0.299 e. The number of hydrogen-bond donors (Lipinski definition) is 0. The number of benzene rings is 1. The molecule has 0 bridgehead atoms. The predicted octanol–water partition coefficient (Wildman–Crippen LogP) is 3.68. The molecule has 0 saturated heterocycles. The summed E-state index contributed by atoms with van der Waals surface area (Å²) in [4.78, 5) is 2.46. The van der Waals surface area contributed by atoms with Crippen LogP contribution in [0.15, 0.2) is 28.7 Å². The minimum absolute atomic E-state index is 0.730. The van der Waals surface area contributed by atoms with Gasteiger partial charge in [0, 0.05) is 17.1 Å². The van der Waals surface area contributed by atoms with Crippen LogP contribution in [0.3, 0.4) is 0 Å². The lowest BCUT2D eigenvalue weighted by Gasteiger charge is -2.24. The maximum Gasteiger partial charge on any atom is 0.0233 e. The van der Waals surface area contributed by atoms with E-state index in [2.05, 4.69) is 59.1 Å². The van der Waals surface area contributed by atoms with Gasteiger partial charge in [0.05, 0.1) is 0 Å². The van der Waals surface area contributed by atoms with Gasteiger partial charge in [0.1, 0.15) is 0 Å². The van der Waals surface area contributed by atoms with Gasteiger partial charge in [0.25, 0.3) is 0 Å². The SMILES string of the molecule is CC(C1CC1)N(C)Cc1ccc(Br)cc1. The Labute approximate surface area is 101 Å². The highest BCUT2D eigenvalue weighted by atomic mass is 79.9. The van der Waals surface area contributed by atoms with Crippen molar-refractivity contribution in [3.8, 4) is 0 Å². The highest BCUT2D eigenvalue weighted by Gasteiger charge is 2.30. The third-order valence-corrected chi connectivity index (χ3v) is 3.87. The monoisotopic (exact) mass is 267 g/mol. The third kappa shape index (κ3) is 3.05. The topological polar surface area (TPSA) is 3.24 Å². The molecule has 15 heavy (non-hydrogen) atoms. The predicted molar refractivity (Wildman–Crippen MR) is 67.8 cm³/mol. The van der Waals surface area contributed by atoms with Crippen molar-refractivity contribution in [2.75, 3.05) is 7.05 Å². The zero-order chi connectivity index (χ0) is 10.8. The summed E-state index contributed by atoms with van der Waals surface area (Å²) in [6, 6.07) is 9.35. The van der Waals surface area contributed by atoms with E-state index in [1.165, 1.54) is 18.4 Å². The van der Waals surface area contributed by atoms with E-state index < -0.39 is 0 Å². The van der Waals surface area contributed by atoms with Crippen LogP contribution in [-0.4, -0.2) is 18.0 Å². The number of nitrogens with zero attached hydrogens (tertiary/aromatic N) is 1. The van der Waals surface area contributed by atoms with Gasteiger partial charge in [-0.1, -0.05) is 28.1 Å². The molecule has 2 heteroatoms. The molecular weight excluding hydrogens is 250 g/mol. The van der Waals surface area contributed by atoms with Crippen molar-refractivity contribution in [1.29, 1.82) is 0 Å². The van der Waals surface area contributed by atoms with E-state index in [4.69, 9.17) is 0 Å². The molecule has 1 fully saturated rings. The highest BCUT2D eigenvalue weighted by Crippen LogP contribution is 2.35. The van der Waals surface area contributed by atoms with Crippen LogP contribution >= 0.6 is 15.9 Å². The fourth-order valence-electron chi connectivity index (χ4n) is 1.96. The van der Waals surface area contributed by atoms with Gasteiger partial charge in [-0.3, -0.25) is 4.90 Å². The average molecular weight is 268 g/mol. The molecule has 0 aromatic heterocycles. The maximum atomic E-state index is 3.46. The Hall–Kier alpha value is -0.340. The Kier molecular flexibility index (Phi) is 3.47. The molecule has 0 amide bonds. The lowest BCUT2D eigenvalue weighted by atomic mass is 10.1. The molecular formula is C13H18BrN. The lowest BCUT2D eigenvalue weighted by Crippen LogP contribution is -2.30. The third-order valence-electron chi connectivity index (χ3n) is 3.34. The molecule has 82 valence electrons. The summed E-state index contributed by atoms with van der Waals surface area (Å²) in [5.74, 6) is 0.949. The molecule has 0 heterocycles. The van der Waals surface area contributed by atoms with E-state index in [-0.39, 0.29) is 0 Å². The molecule has 1 unspecified atom stereocenters. The standard InChI is InChI=1S/C13H18BrN/c1-10(12-5-6-12)15(2)9-11-3-7-13(14)8-4-11/h3-4,7-8,10,12H,5-6,9H2,1-2H3. The molecule has 0 spiro atoms. The molecule has 1 saturated carbocycles. The van der Waals surface area contributed by atoms with Crippen molar-refractivity contribution in [2.45, 2.75) is 32.4 Å². The molecule has 0 N–H and O–H groups in total. The summed E-state index contributed by atoms with van der Waals surface area (Å²) in [6.07, 6.45) is 2.84. The van der Waals surface area contributed by atoms with Crippen molar-refractivity contribution in [3.63, 3.8) is 0 Å². The van der Waals surface area contributed by atoms with Gasteiger partial charge >= 0.3 is 0 Å². The first-order valence-corrected chi connectivity index (χ1v) is 6.41. The maximum absolute atomic E-state index is 3.46. The average Bonchev–Trinajstić information content (AvgIpc) is 3.04. The molecule has 1 aromatic carbocycles. The van der Waals surface area contributed by atoms with Crippen LogP contribution < -0.4 is 0 Å². The van der Waals surface area contributed by atoms with E-state index in [1.807, 2.05) is 0 Å². The largest absolute Gasteiger partial charge is 0.299 e. The summed E-state index contributed by atoms with van der Waals surface area (Å²) in [5, 5.41) is 0. The first-order chi connectivity index (χ1) is 7.16. The van der Waals surface area contributed by atoms with E-state index in [1.54, 1.807) is 0 Å².